The lowest BCUT2D eigenvalue weighted by atomic mass is 9.92. The molecule has 0 aliphatic carbocycles. The van der Waals surface area contributed by atoms with Crippen LogP contribution >= 0.6 is 0 Å². The van der Waals surface area contributed by atoms with E-state index in [1.165, 1.54) is 0 Å². The minimum absolute atomic E-state index is 0.621. The molecule has 11 rings (SSSR count). The molecule has 0 saturated carbocycles. The highest BCUT2D eigenvalue weighted by molar-refractivity contribution is 6.18. The first-order valence-corrected chi connectivity index (χ1v) is 18.5. The number of para-hydroxylation sites is 2. The number of rotatable bonds is 6. The normalized spacial score (nSPS) is 11.6. The van der Waals surface area contributed by atoms with Crippen LogP contribution in [0.4, 0.5) is 17.1 Å². The van der Waals surface area contributed by atoms with Gasteiger partial charge in [-0.3, -0.25) is 0 Å². The van der Waals surface area contributed by atoms with Gasteiger partial charge in [-0.1, -0.05) is 121 Å². The summed E-state index contributed by atoms with van der Waals surface area (Å²) in [4.78, 5) is 7.25. The van der Waals surface area contributed by atoms with Gasteiger partial charge >= 0.3 is 0 Å². The van der Waals surface area contributed by atoms with E-state index in [-0.39, 0.29) is 0 Å². The zero-order valence-corrected chi connectivity index (χ0v) is 29.7. The number of oxazole rings is 1. The molecule has 2 aromatic heterocycles. The van der Waals surface area contributed by atoms with Crippen molar-refractivity contribution in [3.8, 4) is 33.7 Å². The van der Waals surface area contributed by atoms with Crippen LogP contribution in [0.3, 0.4) is 0 Å². The molecule has 9 aromatic carbocycles. The van der Waals surface area contributed by atoms with Crippen molar-refractivity contribution in [2.75, 3.05) is 4.90 Å². The Kier molecular flexibility index (Phi) is 7.14. The number of furan rings is 1. The minimum Gasteiger partial charge on any atom is -0.456 e. The average molecular weight is 705 g/mol. The van der Waals surface area contributed by atoms with Crippen molar-refractivity contribution in [2.24, 2.45) is 0 Å². The quantitative estimate of drug-likeness (QED) is 0.162. The molecule has 0 aliphatic heterocycles. The van der Waals surface area contributed by atoms with Crippen LogP contribution < -0.4 is 4.90 Å². The van der Waals surface area contributed by atoms with Gasteiger partial charge in [0.15, 0.2) is 5.58 Å². The van der Waals surface area contributed by atoms with Crippen LogP contribution in [0.15, 0.2) is 203 Å². The van der Waals surface area contributed by atoms with E-state index in [1.807, 2.05) is 42.5 Å². The first-order chi connectivity index (χ1) is 27.2. The Labute approximate surface area is 317 Å². The third kappa shape index (κ3) is 5.26. The Bertz CT molecular complexity index is 3200. The molecule has 0 amide bonds. The third-order valence-corrected chi connectivity index (χ3v) is 10.7. The number of hydrogen-bond donors (Lipinski definition) is 0. The van der Waals surface area contributed by atoms with Crippen LogP contribution in [0.2, 0.25) is 0 Å². The van der Waals surface area contributed by atoms with Crippen LogP contribution in [-0.2, 0) is 0 Å². The molecule has 0 saturated heterocycles. The lowest BCUT2D eigenvalue weighted by Crippen LogP contribution is -2.10. The van der Waals surface area contributed by atoms with Gasteiger partial charge in [-0.25, -0.2) is 4.98 Å². The molecule has 0 unspecified atom stereocenters. The molecule has 0 fully saturated rings. The third-order valence-electron chi connectivity index (χ3n) is 10.7. The highest BCUT2D eigenvalue weighted by atomic mass is 16.3. The number of fused-ring (bicyclic) bond motifs is 8. The van der Waals surface area contributed by atoms with E-state index in [2.05, 4.69) is 157 Å². The lowest BCUT2D eigenvalue weighted by molar-refractivity contribution is 0.623. The Hall–Kier alpha value is -7.43. The lowest BCUT2D eigenvalue weighted by Gasteiger charge is -2.27. The molecule has 0 aliphatic rings. The summed E-state index contributed by atoms with van der Waals surface area (Å²) in [7, 11) is 0. The van der Waals surface area contributed by atoms with E-state index in [9.17, 15) is 0 Å². The number of benzene rings is 9. The minimum atomic E-state index is 0.621. The molecule has 0 spiro atoms. The molecule has 258 valence electrons. The molecule has 4 nitrogen and oxygen atoms in total. The van der Waals surface area contributed by atoms with Gasteiger partial charge in [-0.2, -0.15) is 0 Å². The highest BCUT2D eigenvalue weighted by Crippen LogP contribution is 2.44. The van der Waals surface area contributed by atoms with E-state index in [4.69, 9.17) is 13.8 Å². The molecule has 4 heteroatoms. The van der Waals surface area contributed by atoms with E-state index in [0.29, 0.717) is 5.89 Å². The van der Waals surface area contributed by atoms with Gasteiger partial charge in [0.1, 0.15) is 16.7 Å². The Morgan fingerprint density at radius 2 is 1.04 bits per heavy atom. The largest absolute Gasteiger partial charge is 0.456 e. The number of anilines is 3. The van der Waals surface area contributed by atoms with Crippen molar-refractivity contribution in [2.45, 2.75) is 0 Å². The summed E-state index contributed by atoms with van der Waals surface area (Å²) in [5.41, 5.74) is 12.1. The standard InChI is InChI=1S/C51H32N2O2/c1-4-12-33(13-5-1)43-31-40(26-27-41(43)37-24-29-48-45(30-37)42-18-10-11-19-47(42)54-48)53(38-16-8-3-9-17-38)39-25-22-34-20-21-35-23-28-46-50(49(35)44(34)32-39)55-51(52-46)36-14-6-2-7-15-36/h1-32H. The SMILES string of the molecule is c1ccc(-c2nc3ccc4ccc5ccc(N(c6ccccc6)c6ccc(-c7ccc8oc9ccccc9c8c7)c(-c7ccccc7)c6)cc5c4c3o2)cc1. The topological polar surface area (TPSA) is 42.4 Å². The monoisotopic (exact) mass is 704 g/mol. The molecule has 0 radical (unpaired) electrons. The van der Waals surface area contributed by atoms with Crippen molar-refractivity contribution in [1.82, 2.24) is 4.98 Å². The summed E-state index contributed by atoms with van der Waals surface area (Å²) in [5.74, 6) is 0.621. The number of aromatic nitrogens is 1. The summed E-state index contributed by atoms with van der Waals surface area (Å²) in [6.45, 7) is 0. The maximum absolute atomic E-state index is 6.58. The predicted molar refractivity (Wildman–Crippen MR) is 227 cm³/mol. The Balaban J connectivity index is 1.11. The van der Waals surface area contributed by atoms with Gasteiger partial charge in [-0.15, -0.1) is 0 Å². The number of nitrogens with zero attached hydrogens (tertiary/aromatic N) is 2. The zero-order chi connectivity index (χ0) is 36.3. The van der Waals surface area contributed by atoms with Crippen molar-refractivity contribution in [1.29, 1.82) is 0 Å². The van der Waals surface area contributed by atoms with Crippen molar-refractivity contribution >= 4 is 71.6 Å². The predicted octanol–water partition coefficient (Wildman–Crippen LogP) is 14.5. The summed E-state index contributed by atoms with van der Waals surface area (Å²) >= 11 is 0. The zero-order valence-electron chi connectivity index (χ0n) is 29.7. The second kappa shape index (κ2) is 12.6. The second-order valence-electron chi connectivity index (χ2n) is 13.9. The fourth-order valence-corrected chi connectivity index (χ4v) is 8.05. The summed E-state index contributed by atoms with van der Waals surface area (Å²) in [6, 6.07) is 68.2. The van der Waals surface area contributed by atoms with E-state index in [0.717, 1.165) is 99.5 Å². The molecule has 0 bridgehead atoms. The van der Waals surface area contributed by atoms with Crippen LogP contribution in [0.1, 0.15) is 0 Å². The van der Waals surface area contributed by atoms with Crippen LogP contribution in [-0.4, -0.2) is 4.98 Å². The first kappa shape index (κ1) is 31.1. The summed E-state index contributed by atoms with van der Waals surface area (Å²) in [6.07, 6.45) is 0. The maximum atomic E-state index is 6.58. The van der Waals surface area contributed by atoms with Gasteiger partial charge < -0.3 is 13.7 Å². The van der Waals surface area contributed by atoms with Gasteiger partial charge in [0, 0.05) is 38.8 Å². The van der Waals surface area contributed by atoms with E-state index < -0.39 is 0 Å². The molecule has 55 heavy (non-hydrogen) atoms. The first-order valence-electron chi connectivity index (χ1n) is 18.5. The smallest absolute Gasteiger partial charge is 0.227 e. The van der Waals surface area contributed by atoms with Crippen molar-refractivity contribution in [3.63, 3.8) is 0 Å². The van der Waals surface area contributed by atoms with E-state index >= 15 is 0 Å². The fraction of sp³-hybridized carbons (Fsp3) is 0. The second-order valence-corrected chi connectivity index (χ2v) is 13.9. The summed E-state index contributed by atoms with van der Waals surface area (Å²) < 4.78 is 12.8. The van der Waals surface area contributed by atoms with Crippen molar-refractivity contribution < 1.29 is 8.83 Å². The van der Waals surface area contributed by atoms with Crippen molar-refractivity contribution in [3.05, 3.63) is 194 Å². The maximum Gasteiger partial charge on any atom is 0.227 e. The van der Waals surface area contributed by atoms with Crippen LogP contribution in [0.25, 0.3) is 88.3 Å². The summed E-state index contributed by atoms with van der Waals surface area (Å²) in [5, 5.41) is 6.64. The average Bonchev–Trinajstić information content (AvgIpc) is 3.86. The van der Waals surface area contributed by atoms with Gasteiger partial charge in [0.25, 0.3) is 0 Å². The molecule has 0 N–H and O–H groups in total. The van der Waals surface area contributed by atoms with Gasteiger partial charge in [-0.05, 0) is 111 Å². The Morgan fingerprint density at radius 3 is 1.87 bits per heavy atom. The molecule has 0 atom stereocenters. The Morgan fingerprint density at radius 1 is 0.382 bits per heavy atom. The highest BCUT2D eigenvalue weighted by Gasteiger charge is 2.19. The molecule has 2 heterocycles. The van der Waals surface area contributed by atoms with Crippen LogP contribution in [0, 0.1) is 0 Å². The van der Waals surface area contributed by atoms with Gasteiger partial charge in [0.2, 0.25) is 5.89 Å². The molecule has 11 aromatic rings. The number of hydrogen-bond acceptors (Lipinski definition) is 4. The van der Waals surface area contributed by atoms with Gasteiger partial charge in [0.05, 0.1) is 0 Å². The fourth-order valence-electron chi connectivity index (χ4n) is 8.05. The molecular weight excluding hydrogens is 673 g/mol. The molecular formula is C51H32N2O2. The van der Waals surface area contributed by atoms with E-state index in [1.54, 1.807) is 0 Å². The van der Waals surface area contributed by atoms with Crippen LogP contribution in [0.5, 0.6) is 0 Å².